The Balaban J connectivity index is 1.86. The molecule has 6 nitrogen and oxygen atoms in total. The van der Waals surface area contributed by atoms with Crippen LogP contribution in [0.3, 0.4) is 0 Å². The van der Waals surface area contributed by atoms with Gasteiger partial charge in [-0.15, -0.1) is 0 Å². The van der Waals surface area contributed by atoms with Crippen LogP contribution in [0.4, 0.5) is 18.9 Å². The first-order valence-corrected chi connectivity index (χ1v) is 11.6. The van der Waals surface area contributed by atoms with Gasteiger partial charge in [-0.3, -0.25) is 4.79 Å². The minimum atomic E-state index is -4.53. The van der Waals surface area contributed by atoms with Gasteiger partial charge in [-0.1, -0.05) is 18.6 Å². The summed E-state index contributed by atoms with van der Waals surface area (Å²) in [5, 5.41) is 2.53. The molecule has 0 spiro atoms. The number of amides is 1. The summed E-state index contributed by atoms with van der Waals surface area (Å²) < 4.78 is 70.2. The van der Waals surface area contributed by atoms with Gasteiger partial charge in [-0.05, 0) is 62.1 Å². The normalized spacial score (nSPS) is 15.4. The van der Waals surface area contributed by atoms with Crippen LogP contribution in [-0.4, -0.2) is 44.5 Å². The molecule has 1 heterocycles. The quantitative estimate of drug-likeness (QED) is 0.666. The van der Waals surface area contributed by atoms with Gasteiger partial charge in [0, 0.05) is 18.7 Å². The number of nitrogens with one attached hydrogen (secondary N) is 1. The summed E-state index contributed by atoms with van der Waals surface area (Å²) in [6.45, 7) is 2.70. The van der Waals surface area contributed by atoms with Crippen LogP contribution >= 0.6 is 0 Å². The molecule has 2 aromatic carbocycles. The van der Waals surface area contributed by atoms with Crippen LogP contribution < -0.4 is 10.1 Å². The fraction of sp³-hybridized carbons (Fsp3) is 0.409. The number of carbonyl (C=O) groups excluding carboxylic acids is 1. The lowest BCUT2D eigenvalue weighted by molar-refractivity contribution is -0.153. The lowest BCUT2D eigenvalue weighted by atomic mass is 10.1. The predicted octanol–water partition coefficient (Wildman–Crippen LogP) is 4.67. The molecule has 2 aromatic rings. The molecule has 1 amide bonds. The minimum absolute atomic E-state index is 0.0458. The number of piperidine rings is 1. The Kier molecular flexibility index (Phi) is 7.14. The highest BCUT2D eigenvalue weighted by molar-refractivity contribution is 7.89. The van der Waals surface area contributed by atoms with Crippen LogP contribution in [0.5, 0.6) is 5.75 Å². The van der Waals surface area contributed by atoms with Gasteiger partial charge in [0.05, 0.1) is 10.6 Å². The molecule has 10 heteroatoms. The molecule has 0 aliphatic carbocycles. The fourth-order valence-corrected chi connectivity index (χ4v) is 5.24. The van der Waals surface area contributed by atoms with E-state index in [4.69, 9.17) is 4.74 Å². The maximum absolute atomic E-state index is 13.1. The van der Waals surface area contributed by atoms with E-state index in [2.05, 4.69) is 5.32 Å². The van der Waals surface area contributed by atoms with Crippen molar-refractivity contribution in [3.8, 4) is 5.75 Å². The molecule has 32 heavy (non-hydrogen) atoms. The van der Waals surface area contributed by atoms with Crippen LogP contribution in [0.2, 0.25) is 0 Å². The van der Waals surface area contributed by atoms with Crippen molar-refractivity contribution in [1.29, 1.82) is 0 Å². The van der Waals surface area contributed by atoms with E-state index < -0.39 is 28.7 Å². The van der Waals surface area contributed by atoms with Gasteiger partial charge in [-0.2, -0.15) is 17.5 Å². The number of hydrogen-bond acceptors (Lipinski definition) is 4. The van der Waals surface area contributed by atoms with E-state index in [0.717, 1.165) is 19.3 Å². The van der Waals surface area contributed by atoms with E-state index in [1.807, 2.05) is 0 Å². The highest BCUT2D eigenvalue weighted by atomic mass is 32.2. The lowest BCUT2D eigenvalue weighted by Gasteiger charge is -2.26. The lowest BCUT2D eigenvalue weighted by Crippen LogP contribution is -2.36. The number of hydrogen-bond donors (Lipinski definition) is 1. The zero-order valence-electron chi connectivity index (χ0n) is 17.8. The number of sulfonamides is 1. The Morgan fingerprint density at radius 3 is 2.41 bits per heavy atom. The average molecular weight is 471 g/mol. The SMILES string of the molecule is Cc1ccc(NC(=O)c2ccc(C)c(S(=O)(=O)N3CCCCC3)c2)c(OCC(F)(F)F)c1. The third kappa shape index (κ3) is 5.80. The standard InChI is InChI=1S/C22H25F3N2O4S/c1-15-6-9-18(19(12-15)31-14-22(23,24)25)26-21(28)17-8-7-16(2)20(13-17)32(29,30)27-10-4-3-5-11-27/h6-9,12-13H,3-5,10-11,14H2,1-2H3,(H,26,28). The number of aryl methyl sites for hydroxylation is 2. The zero-order chi connectivity index (χ0) is 23.5. The molecular weight excluding hydrogens is 445 g/mol. The van der Waals surface area contributed by atoms with E-state index in [-0.39, 0.29) is 21.9 Å². The van der Waals surface area contributed by atoms with Crippen molar-refractivity contribution in [2.45, 2.75) is 44.2 Å². The summed E-state index contributed by atoms with van der Waals surface area (Å²) >= 11 is 0. The highest BCUT2D eigenvalue weighted by Crippen LogP contribution is 2.29. The summed E-state index contributed by atoms with van der Waals surface area (Å²) in [6, 6.07) is 8.78. The van der Waals surface area contributed by atoms with Crippen molar-refractivity contribution in [3.05, 3.63) is 53.1 Å². The number of nitrogens with zero attached hydrogens (tertiary/aromatic N) is 1. The van der Waals surface area contributed by atoms with E-state index >= 15 is 0 Å². The Hall–Kier alpha value is -2.59. The zero-order valence-corrected chi connectivity index (χ0v) is 18.6. The van der Waals surface area contributed by atoms with Gasteiger partial charge in [0.1, 0.15) is 5.75 Å². The molecule has 1 fully saturated rings. The molecule has 0 atom stereocenters. The van der Waals surface area contributed by atoms with Crippen LogP contribution in [0.25, 0.3) is 0 Å². The van der Waals surface area contributed by atoms with Crippen molar-refractivity contribution < 1.29 is 31.1 Å². The van der Waals surface area contributed by atoms with E-state index in [1.165, 1.54) is 28.6 Å². The molecule has 1 saturated heterocycles. The Bertz CT molecular complexity index is 1090. The van der Waals surface area contributed by atoms with Gasteiger partial charge in [-0.25, -0.2) is 8.42 Å². The summed E-state index contributed by atoms with van der Waals surface area (Å²) in [4.78, 5) is 12.9. The number of anilines is 1. The van der Waals surface area contributed by atoms with Crippen molar-refractivity contribution in [2.75, 3.05) is 25.0 Å². The third-order valence-corrected chi connectivity index (χ3v) is 7.20. The summed E-state index contributed by atoms with van der Waals surface area (Å²) in [7, 11) is -3.76. The molecule has 1 aliphatic rings. The molecule has 3 rings (SSSR count). The second kappa shape index (κ2) is 9.50. The number of ether oxygens (including phenoxy) is 1. The van der Waals surface area contributed by atoms with Crippen molar-refractivity contribution in [2.24, 2.45) is 0 Å². The summed E-state index contributed by atoms with van der Waals surface area (Å²) in [6.07, 6.45) is -1.98. The van der Waals surface area contributed by atoms with Gasteiger partial charge in [0.15, 0.2) is 6.61 Å². The molecule has 0 bridgehead atoms. The van der Waals surface area contributed by atoms with E-state index in [0.29, 0.717) is 24.2 Å². The van der Waals surface area contributed by atoms with Crippen molar-refractivity contribution >= 4 is 21.6 Å². The maximum Gasteiger partial charge on any atom is 0.422 e. The molecule has 0 aromatic heterocycles. The van der Waals surface area contributed by atoms with Crippen LogP contribution in [-0.2, 0) is 10.0 Å². The number of alkyl halides is 3. The molecular formula is C22H25F3N2O4S. The van der Waals surface area contributed by atoms with Crippen molar-refractivity contribution in [1.82, 2.24) is 4.31 Å². The molecule has 1 aliphatic heterocycles. The summed E-state index contributed by atoms with van der Waals surface area (Å²) in [5.74, 6) is -0.773. The highest BCUT2D eigenvalue weighted by Gasteiger charge is 2.30. The van der Waals surface area contributed by atoms with Gasteiger partial charge >= 0.3 is 6.18 Å². The third-order valence-electron chi connectivity index (χ3n) is 5.16. The second-order valence-corrected chi connectivity index (χ2v) is 9.71. The minimum Gasteiger partial charge on any atom is -0.482 e. The first-order valence-electron chi connectivity index (χ1n) is 10.2. The Morgan fingerprint density at radius 2 is 1.75 bits per heavy atom. The number of carbonyl (C=O) groups is 1. The smallest absolute Gasteiger partial charge is 0.422 e. The van der Waals surface area contributed by atoms with E-state index in [9.17, 15) is 26.4 Å². The van der Waals surface area contributed by atoms with Gasteiger partial charge in [0.2, 0.25) is 10.0 Å². The first kappa shape index (κ1) is 24.1. The van der Waals surface area contributed by atoms with Gasteiger partial charge < -0.3 is 10.1 Å². The molecule has 1 N–H and O–H groups in total. The van der Waals surface area contributed by atoms with Crippen LogP contribution in [0.1, 0.15) is 40.7 Å². The fourth-order valence-electron chi connectivity index (χ4n) is 3.47. The Labute approximate surface area is 185 Å². The van der Waals surface area contributed by atoms with E-state index in [1.54, 1.807) is 26.0 Å². The van der Waals surface area contributed by atoms with Gasteiger partial charge in [0.25, 0.3) is 5.91 Å². The predicted molar refractivity (Wildman–Crippen MR) is 114 cm³/mol. The molecule has 174 valence electrons. The average Bonchev–Trinajstić information content (AvgIpc) is 2.74. The Morgan fingerprint density at radius 1 is 1.06 bits per heavy atom. The molecule has 0 saturated carbocycles. The number of benzene rings is 2. The second-order valence-electron chi connectivity index (χ2n) is 7.80. The van der Waals surface area contributed by atoms with Crippen molar-refractivity contribution in [3.63, 3.8) is 0 Å². The topological polar surface area (TPSA) is 75.7 Å². The van der Waals surface area contributed by atoms with Crippen LogP contribution in [0.15, 0.2) is 41.3 Å². The van der Waals surface area contributed by atoms with Crippen LogP contribution in [0, 0.1) is 13.8 Å². The maximum atomic E-state index is 13.1. The monoisotopic (exact) mass is 470 g/mol. The number of halogens is 3. The largest absolute Gasteiger partial charge is 0.482 e. The number of rotatable bonds is 6. The first-order chi connectivity index (χ1) is 15.0. The molecule has 0 radical (unpaired) electrons. The summed E-state index contributed by atoms with van der Waals surface area (Å²) in [5.41, 5.74) is 1.31. The molecule has 0 unspecified atom stereocenters.